The first-order valence-electron chi connectivity index (χ1n) is 9.51. The van der Waals surface area contributed by atoms with E-state index in [1.165, 1.54) is 27.6 Å². The topological polar surface area (TPSA) is 66.5 Å². The molecule has 1 amide bonds. The SMILES string of the molecule is Cc1cccc(CCCNC(=O)c2ccc(Cl)c(S(=O)(=O)N3CCCC3)c2)c1. The molecule has 2 aromatic rings. The quantitative estimate of drug-likeness (QED) is 0.693. The van der Waals surface area contributed by atoms with Crippen molar-refractivity contribution in [3.05, 3.63) is 64.2 Å². The maximum absolute atomic E-state index is 12.8. The van der Waals surface area contributed by atoms with Gasteiger partial charge in [0, 0.05) is 25.2 Å². The first-order chi connectivity index (χ1) is 13.4. The molecule has 28 heavy (non-hydrogen) atoms. The van der Waals surface area contributed by atoms with Crippen molar-refractivity contribution in [2.45, 2.75) is 37.5 Å². The molecular formula is C21H25ClN2O3S. The first-order valence-corrected chi connectivity index (χ1v) is 11.3. The Morgan fingerprint density at radius 2 is 1.89 bits per heavy atom. The summed E-state index contributed by atoms with van der Waals surface area (Å²) in [6.07, 6.45) is 3.37. The van der Waals surface area contributed by atoms with Crippen LogP contribution in [0.15, 0.2) is 47.4 Å². The summed E-state index contributed by atoms with van der Waals surface area (Å²) in [5.41, 5.74) is 2.76. The molecule has 150 valence electrons. The number of benzene rings is 2. The second-order valence-electron chi connectivity index (χ2n) is 7.10. The lowest BCUT2D eigenvalue weighted by atomic mass is 10.1. The average Bonchev–Trinajstić information content (AvgIpc) is 3.21. The predicted octanol–water partition coefficient (Wildman–Crippen LogP) is 3.80. The summed E-state index contributed by atoms with van der Waals surface area (Å²) in [6.45, 7) is 3.56. The third-order valence-electron chi connectivity index (χ3n) is 4.89. The van der Waals surface area contributed by atoms with Gasteiger partial charge in [0.05, 0.1) is 5.02 Å². The monoisotopic (exact) mass is 420 g/mol. The lowest BCUT2D eigenvalue weighted by Gasteiger charge is -2.17. The smallest absolute Gasteiger partial charge is 0.251 e. The summed E-state index contributed by atoms with van der Waals surface area (Å²) in [4.78, 5) is 12.5. The van der Waals surface area contributed by atoms with Crippen LogP contribution in [0.3, 0.4) is 0 Å². The second-order valence-corrected chi connectivity index (χ2v) is 9.42. The van der Waals surface area contributed by atoms with Gasteiger partial charge >= 0.3 is 0 Å². The molecule has 0 radical (unpaired) electrons. The van der Waals surface area contributed by atoms with Gasteiger partial charge in [-0.3, -0.25) is 4.79 Å². The molecule has 0 bridgehead atoms. The number of sulfonamides is 1. The van der Waals surface area contributed by atoms with Crippen LogP contribution in [0.25, 0.3) is 0 Å². The number of carbonyl (C=O) groups is 1. The van der Waals surface area contributed by atoms with E-state index >= 15 is 0 Å². The summed E-state index contributed by atoms with van der Waals surface area (Å²) in [5, 5.41) is 3.00. The van der Waals surface area contributed by atoms with Gasteiger partial charge in [-0.05, 0) is 56.4 Å². The van der Waals surface area contributed by atoms with Gasteiger partial charge in [0.1, 0.15) is 4.90 Å². The van der Waals surface area contributed by atoms with E-state index < -0.39 is 10.0 Å². The highest BCUT2D eigenvalue weighted by molar-refractivity contribution is 7.89. The molecule has 1 aliphatic heterocycles. The summed E-state index contributed by atoms with van der Waals surface area (Å²) in [5.74, 6) is -0.293. The van der Waals surface area contributed by atoms with Crippen molar-refractivity contribution in [3.8, 4) is 0 Å². The minimum atomic E-state index is -3.67. The Morgan fingerprint density at radius 3 is 2.61 bits per heavy atom. The highest BCUT2D eigenvalue weighted by Crippen LogP contribution is 2.28. The van der Waals surface area contributed by atoms with Crippen molar-refractivity contribution in [2.24, 2.45) is 0 Å². The molecule has 3 rings (SSSR count). The normalized spacial score (nSPS) is 14.9. The van der Waals surface area contributed by atoms with Crippen molar-refractivity contribution in [1.29, 1.82) is 0 Å². The largest absolute Gasteiger partial charge is 0.352 e. The zero-order valence-electron chi connectivity index (χ0n) is 15.9. The van der Waals surface area contributed by atoms with Crippen molar-refractivity contribution in [2.75, 3.05) is 19.6 Å². The Kier molecular flexibility index (Phi) is 6.75. The number of halogens is 1. The Bertz CT molecular complexity index is 954. The van der Waals surface area contributed by atoms with Gasteiger partial charge in [-0.1, -0.05) is 41.4 Å². The zero-order chi connectivity index (χ0) is 20.1. The van der Waals surface area contributed by atoms with Crippen LogP contribution in [0.1, 0.15) is 40.7 Å². The van der Waals surface area contributed by atoms with E-state index in [1.54, 1.807) is 6.07 Å². The van der Waals surface area contributed by atoms with Crippen LogP contribution < -0.4 is 5.32 Å². The van der Waals surface area contributed by atoms with E-state index in [0.29, 0.717) is 25.2 Å². The van der Waals surface area contributed by atoms with Crippen molar-refractivity contribution >= 4 is 27.5 Å². The van der Waals surface area contributed by atoms with Crippen LogP contribution >= 0.6 is 11.6 Å². The van der Waals surface area contributed by atoms with Crippen LogP contribution in [-0.2, 0) is 16.4 Å². The van der Waals surface area contributed by atoms with Crippen molar-refractivity contribution < 1.29 is 13.2 Å². The van der Waals surface area contributed by atoms with E-state index in [4.69, 9.17) is 11.6 Å². The number of carbonyl (C=O) groups excluding carboxylic acids is 1. The Labute approximate surface area is 171 Å². The molecular weight excluding hydrogens is 396 g/mol. The van der Waals surface area contributed by atoms with Gasteiger partial charge in [-0.25, -0.2) is 8.42 Å². The molecule has 5 nitrogen and oxygen atoms in total. The fourth-order valence-electron chi connectivity index (χ4n) is 3.37. The molecule has 0 spiro atoms. The number of aryl methyl sites for hydroxylation is 2. The lowest BCUT2D eigenvalue weighted by molar-refractivity contribution is 0.0953. The molecule has 2 aromatic carbocycles. The molecule has 1 saturated heterocycles. The molecule has 0 unspecified atom stereocenters. The Hall–Kier alpha value is -1.89. The van der Waals surface area contributed by atoms with Gasteiger partial charge < -0.3 is 5.32 Å². The van der Waals surface area contributed by atoms with E-state index in [1.807, 2.05) is 6.07 Å². The first kappa shape index (κ1) is 20.8. The number of nitrogens with one attached hydrogen (secondary N) is 1. The number of nitrogens with zero attached hydrogens (tertiary/aromatic N) is 1. The summed E-state index contributed by atoms with van der Waals surface area (Å²) < 4.78 is 27.0. The molecule has 0 aliphatic carbocycles. The Balaban J connectivity index is 1.62. The molecule has 1 heterocycles. The second kappa shape index (κ2) is 9.07. The minimum absolute atomic E-state index is 0.00322. The van der Waals surface area contributed by atoms with E-state index in [-0.39, 0.29) is 15.8 Å². The van der Waals surface area contributed by atoms with Crippen LogP contribution in [0.4, 0.5) is 0 Å². The summed E-state index contributed by atoms with van der Waals surface area (Å²) >= 11 is 6.13. The number of hydrogen-bond acceptors (Lipinski definition) is 3. The fourth-order valence-corrected chi connectivity index (χ4v) is 5.39. The van der Waals surface area contributed by atoms with Crippen LogP contribution in [0, 0.1) is 6.92 Å². The van der Waals surface area contributed by atoms with Crippen LogP contribution in [0.2, 0.25) is 5.02 Å². The van der Waals surface area contributed by atoms with Crippen molar-refractivity contribution in [1.82, 2.24) is 9.62 Å². The van der Waals surface area contributed by atoms with Gasteiger partial charge in [0.25, 0.3) is 5.91 Å². The lowest BCUT2D eigenvalue weighted by Crippen LogP contribution is -2.29. The standard InChI is InChI=1S/C21H25ClN2O3S/c1-16-6-4-7-17(14-16)8-5-11-23-21(25)18-9-10-19(22)20(15-18)28(26,27)24-12-2-3-13-24/h4,6-7,9-10,14-15H,2-3,5,8,11-13H2,1H3,(H,23,25). The third-order valence-corrected chi connectivity index (χ3v) is 7.27. The Morgan fingerprint density at radius 1 is 1.14 bits per heavy atom. The highest BCUT2D eigenvalue weighted by Gasteiger charge is 2.29. The highest BCUT2D eigenvalue weighted by atomic mass is 35.5. The number of amides is 1. The maximum atomic E-state index is 12.8. The van der Waals surface area contributed by atoms with E-state index in [9.17, 15) is 13.2 Å². The molecule has 1 N–H and O–H groups in total. The fraction of sp³-hybridized carbons (Fsp3) is 0.381. The molecule has 0 saturated carbocycles. The molecule has 1 aliphatic rings. The summed E-state index contributed by atoms with van der Waals surface area (Å²) in [7, 11) is -3.67. The minimum Gasteiger partial charge on any atom is -0.352 e. The van der Waals surface area contributed by atoms with Crippen LogP contribution in [0.5, 0.6) is 0 Å². The van der Waals surface area contributed by atoms with Gasteiger partial charge in [-0.2, -0.15) is 4.31 Å². The van der Waals surface area contributed by atoms with E-state index in [0.717, 1.165) is 25.7 Å². The van der Waals surface area contributed by atoms with Gasteiger partial charge in [0.2, 0.25) is 10.0 Å². The summed E-state index contributed by atoms with van der Waals surface area (Å²) in [6, 6.07) is 12.7. The third kappa shape index (κ3) is 4.93. The van der Waals surface area contributed by atoms with Gasteiger partial charge in [-0.15, -0.1) is 0 Å². The van der Waals surface area contributed by atoms with Crippen molar-refractivity contribution in [3.63, 3.8) is 0 Å². The predicted molar refractivity (Wildman–Crippen MR) is 111 cm³/mol. The maximum Gasteiger partial charge on any atom is 0.251 e. The van der Waals surface area contributed by atoms with E-state index in [2.05, 4.69) is 30.4 Å². The molecule has 1 fully saturated rings. The number of hydrogen-bond donors (Lipinski definition) is 1. The number of rotatable bonds is 7. The molecule has 7 heteroatoms. The molecule has 0 aromatic heterocycles. The molecule has 0 atom stereocenters. The zero-order valence-corrected chi connectivity index (χ0v) is 17.5. The average molecular weight is 421 g/mol. The van der Waals surface area contributed by atoms with Gasteiger partial charge in [0.15, 0.2) is 0 Å². The van der Waals surface area contributed by atoms with Crippen LogP contribution in [-0.4, -0.2) is 38.3 Å².